The Kier molecular flexibility index (Phi) is 3.10. The van der Waals surface area contributed by atoms with Crippen molar-refractivity contribution in [3.63, 3.8) is 0 Å². The number of aryl methyl sites for hydroxylation is 1. The fraction of sp³-hybridized carbons (Fsp3) is 0.250. The number of anilines is 1. The molecule has 0 aliphatic rings. The maximum absolute atomic E-state index is 5.27. The molecule has 1 N–H and O–H groups in total. The van der Waals surface area contributed by atoms with Crippen molar-refractivity contribution in [2.24, 2.45) is 0 Å². The van der Waals surface area contributed by atoms with Gasteiger partial charge in [0.05, 0.1) is 19.0 Å². The highest BCUT2D eigenvalue weighted by Crippen LogP contribution is 2.25. The number of hydrogen-bond donors (Lipinski definition) is 1. The van der Waals surface area contributed by atoms with Crippen molar-refractivity contribution < 1.29 is 9.26 Å². The largest absolute Gasteiger partial charge is 0.495 e. The summed E-state index contributed by atoms with van der Waals surface area (Å²) < 4.78 is 10.0. The average molecular weight is 218 g/mol. The number of nitrogens with one attached hydrogen (secondary N) is 1. The summed E-state index contributed by atoms with van der Waals surface area (Å²) in [6.07, 6.45) is 3.31. The number of methoxy groups -OCH3 is 1. The third kappa shape index (κ3) is 2.34. The molecular weight excluding hydrogens is 204 g/mol. The highest BCUT2D eigenvalue weighted by Gasteiger charge is 2.03. The summed E-state index contributed by atoms with van der Waals surface area (Å²) in [5.74, 6) is 0.835. The molecule has 2 rings (SSSR count). The van der Waals surface area contributed by atoms with Crippen molar-refractivity contribution in [3.05, 3.63) is 41.8 Å². The van der Waals surface area contributed by atoms with Gasteiger partial charge in [0.15, 0.2) is 0 Å². The molecule has 4 heteroatoms. The molecule has 0 aliphatic heterocycles. The van der Waals surface area contributed by atoms with Gasteiger partial charge in [-0.25, -0.2) is 0 Å². The molecule has 16 heavy (non-hydrogen) atoms. The first kappa shape index (κ1) is 10.5. The van der Waals surface area contributed by atoms with Gasteiger partial charge >= 0.3 is 0 Å². The molecule has 0 aliphatic carbocycles. The fourth-order valence-electron chi connectivity index (χ4n) is 1.47. The van der Waals surface area contributed by atoms with Crippen LogP contribution in [0.4, 0.5) is 5.69 Å². The minimum Gasteiger partial charge on any atom is -0.495 e. The lowest BCUT2D eigenvalue weighted by molar-refractivity contribution is 0.416. The SMILES string of the molecule is COc1ccc(C)cc1NCc1cnoc1. The van der Waals surface area contributed by atoms with E-state index in [0.717, 1.165) is 17.0 Å². The molecule has 0 radical (unpaired) electrons. The molecule has 0 fully saturated rings. The Hall–Kier alpha value is -1.97. The van der Waals surface area contributed by atoms with Crippen LogP contribution in [0.15, 0.2) is 35.2 Å². The lowest BCUT2D eigenvalue weighted by atomic mass is 10.2. The second kappa shape index (κ2) is 4.70. The van der Waals surface area contributed by atoms with E-state index in [4.69, 9.17) is 9.26 Å². The molecule has 0 atom stereocenters. The van der Waals surface area contributed by atoms with Gasteiger partial charge in [0.2, 0.25) is 0 Å². The Morgan fingerprint density at radius 1 is 1.44 bits per heavy atom. The van der Waals surface area contributed by atoms with E-state index in [0.29, 0.717) is 6.54 Å². The van der Waals surface area contributed by atoms with Crippen LogP contribution in [-0.4, -0.2) is 12.3 Å². The normalized spacial score (nSPS) is 10.1. The molecule has 0 unspecified atom stereocenters. The fourth-order valence-corrected chi connectivity index (χ4v) is 1.47. The summed E-state index contributed by atoms with van der Waals surface area (Å²) in [6.45, 7) is 2.72. The predicted octanol–water partition coefficient (Wildman–Crippen LogP) is 2.60. The Morgan fingerprint density at radius 2 is 2.31 bits per heavy atom. The number of nitrogens with zero attached hydrogens (tertiary/aromatic N) is 1. The molecule has 0 saturated heterocycles. The summed E-state index contributed by atoms with van der Waals surface area (Å²) in [4.78, 5) is 0. The zero-order valence-electron chi connectivity index (χ0n) is 9.36. The van der Waals surface area contributed by atoms with Crippen LogP contribution in [0.1, 0.15) is 11.1 Å². The molecule has 0 spiro atoms. The number of ether oxygens (including phenoxy) is 1. The summed E-state index contributed by atoms with van der Waals surface area (Å²) in [6, 6.07) is 6.01. The van der Waals surface area contributed by atoms with Crippen LogP contribution in [0.2, 0.25) is 0 Å². The predicted molar refractivity (Wildman–Crippen MR) is 61.6 cm³/mol. The van der Waals surface area contributed by atoms with Crippen molar-refractivity contribution in [2.75, 3.05) is 12.4 Å². The molecule has 1 heterocycles. The topological polar surface area (TPSA) is 47.3 Å². The van der Waals surface area contributed by atoms with Gasteiger partial charge in [0, 0.05) is 12.1 Å². The third-order valence-electron chi connectivity index (χ3n) is 2.32. The van der Waals surface area contributed by atoms with Gasteiger partial charge in [-0.2, -0.15) is 0 Å². The third-order valence-corrected chi connectivity index (χ3v) is 2.32. The first-order valence-electron chi connectivity index (χ1n) is 5.06. The van der Waals surface area contributed by atoms with Crippen molar-refractivity contribution in [3.8, 4) is 5.75 Å². The zero-order valence-corrected chi connectivity index (χ0v) is 9.36. The Bertz CT molecular complexity index is 452. The number of hydrogen-bond acceptors (Lipinski definition) is 4. The first-order valence-corrected chi connectivity index (χ1v) is 5.06. The minimum atomic E-state index is 0.670. The van der Waals surface area contributed by atoms with Crippen LogP contribution < -0.4 is 10.1 Å². The van der Waals surface area contributed by atoms with Gasteiger partial charge in [-0.05, 0) is 24.6 Å². The first-order chi connectivity index (χ1) is 7.79. The van der Waals surface area contributed by atoms with Gasteiger partial charge < -0.3 is 14.6 Å². The van der Waals surface area contributed by atoms with Gasteiger partial charge in [-0.1, -0.05) is 11.2 Å². The van der Waals surface area contributed by atoms with Crippen LogP contribution >= 0.6 is 0 Å². The molecule has 2 aromatic rings. The zero-order chi connectivity index (χ0) is 11.4. The van der Waals surface area contributed by atoms with E-state index in [1.54, 1.807) is 19.6 Å². The molecule has 0 amide bonds. The lowest BCUT2D eigenvalue weighted by Crippen LogP contribution is -2.00. The van der Waals surface area contributed by atoms with Gasteiger partial charge in [0.1, 0.15) is 12.0 Å². The monoisotopic (exact) mass is 218 g/mol. The van der Waals surface area contributed by atoms with E-state index in [9.17, 15) is 0 Å². The summed E-state index contributed by atoms with van der Waals surface area (Å²) in [5.41, 5.74) is 3.17. The van der Waals surface area contributed by atoms with E-state index in [2.05, 4.69) is 10.5 Å². The number of aromatic nitrogens is 1. The summed E-state index contributed by atoms with van der Waals surface area (Å²) >= 11 is 0. The van der Waals surface area contributed by atoms with Crippen LogP contribution in [-0.2, 0) is 6.54 Å². The van der Waals surface area contributed by atoms with Gasteiger partial charge in [-0.3, -0.25) is 0 Å². The second-order valence-corrected chi connectivity index (χ2v) is 3.59. The van der Waals surface area contributed by atoms with E-state index in [1.807, 2.05) is 25.1 Å². The summed E-state index contributed by atoms with van der Waals surface area (Å²) in [7, 11) is 1.66. The smallest absolute Gasteiger partial charge is 0.141 e. The van der Waals surface area contributed by atoms with Crippen molar-refractivity contribution in [1.29, 1.82) is 0 Å². The van der Waals surface area contributed by atoms with Gasteiger partial charge in [0.25, 0.3) is 0 Å². The van der Waals surface area contributed by atoms with E-state index in [1.165, 1.54) is 5.56 Å². The molecular formula is C12H14N2O2. The maximum Gasteiger partial charge on any atom is 0.141 e. The van der Waals surface area contributed by atoms with E-state index < -0.39 is 0 Å². The van der Waals surface area contributed by atoms with Crippen LogP contribution in [0, 0.1) is 6.92 Å². The molecule has 0 bridgehead atoms. The minimum absolute atomic E-state index is 0.670. The van der Waals surface area contributed by atoms with Crippen molar-refractivity contribution >= 4 is 5.69 Å². The highest BCUT2D eigenvalue weighted by molar-refractivity contribution is 5.58. The Labute approximate surface area is 94.2 Å². The van der Waals surface area contributed by atoms with Crippen LogP contribution in [0.5, 0.6) is 5.75 Å². The van der Waals surface area contributed by atoms with E-state index in [-0.39, 0.29) is 0 Å². The molecule has 84 valence electrons. The number of benzene rings is 1. The molecule has 0 saturated carbocycles. The van der Waals surface area contributed by atoms with Crippen LogP contribution in [0.3, 0.4) is 0 Å². The molecule has 1 aromatic carbocycles. The van der Waals surface area contributed by atoms with Crippen LogP contribution in [0.25, 0.3) is 0 Å². The molecule has 4 nitrogen and oxygen atoms in total. The Morgan fingerprint density at radius 3 is 3.00 bits per heavy atom. The molecule has 1 aromatic heterocycles. The highest BCUT2D eigenvalue weighted by atomic mass is 16.5. The van der Waals surface area contributed by atoms with E-state index >= 15 is 0 Å². The maximum atomic E-state index is 5.27. The van der Waals surface area contributed by atoms with Crippen molar-refractivity contribution in [2.45, 2.75) is 13.5 Å². The Balaban J connectivity index is 2.11. The standard InChI is InChI=1S/C12H14N2O2/c1-9-3-4-12(15-2)11(5-9)13-6-10-7-14-16-8-10/h3-5,7-8,13H,6H2,1-2H3. The summed E-state index contributed by atoms with van der Waals surface area (Å²) in [5, 5.41) is 6.93. The van der Waals surface area contributed by atoms with Gasteiger partial charge in [-0.15, -0.1) is 0 Å². The van der Waals surface area contributed by atoms with Crippen molar-refractivity contribution in [1.82, 2.24) is 5.16 Å². The lowest BCUT2D eigenvalue weighted by Gasteiger charge is -2.10. The quantitative estimate of drug-likeness (QED) is 0.856. The number of rotatable bonds is 4. The second-order valence-electron chi connectivity index (χ2n) is 3.59. The average Bonchev–Trinajstić information content (AvgIpc) is 2.79.